The first-order valence-electron chi connectivity index (χ1n) is 7.28. The number of carbonyl (C=O) groups is 2. The molecular weight excluding hydrogens is 282 g/mol. The number of Topliss-reactive ketones (excluding diaryl/α,β-unsaturated/α-hetero) is 1. The van der Waals surface area contributed by atoms with E-state index in [-0.39, 0.29) is 24.7 Å². The fourth-order valence-corrected chi connectivity index (χ4v) is 2.27. The van der Waals surface area contributed by atoms with E-state index in [1.54, 1.807) is 24.4 Å². The van der Waals surface area contributed by atoms with Crippen LogP contribution in [-0.4, -0.2) is 27.9 Å². The zero-order chi connectivity index (χ0) is 16.1. The van der Waals surface area contributed by atoms with E-state index in [9.17, 15) is 9.59 Å². The Kier molecular flexibility index (Phi) is 5.09. The molecule has 0 atom stereocenters. The highest BCUT2D eigenvalue weighted by Crippen LogP contribution is 2.28. The number of nitrogens with zero attached hydrogens (tertiary/aromatic N) is 1. The van der Waals surface area contributed by atoms with Crippen molar-refractivity contribution in [2.24, 2.45) is 0 Å². The van der Waals surface area contributed by atoms with Crippen molar-refractivity contribution in [2.75, 3.05) is 0 Å². The van der Waals surface area contributed by atoms with Gasteiger partial charge in [0.15, 0.2) is 5.78 Å². The summed E-state index contributed by atoms with van der Waals surface area (Å²) in [6.45, 7) is 3.86. The second-order valence-corrected chi connectivity index (χ2v) is 5.35. The number of fused-ring (bicyclic) bond motifs is 1. The summed E-state index contributed by atoms with van der Waals surface area (Å²) >= 11 is 0. The first kappa shape index (κ1) is 15.9. The van der Waals surface area contributed by atoms with E-state index in [1.807, 2.05) is 19.9 Å². The fourth-order valence-electron chi connectivity index (χ4n) is 2.27. The van der Waals surface area contributed by atoms with E-state index in [0.29, 0.717) is 23.3 Å². The van der Waals surface area contributed by atoms with Gasteiger partial charge in [-0.1, -0.05) is 6.07 Å². The van der Waals surface area contributed by atoms with Crippen molar-refractivity contribution < 1.29 is 19.4 Å². The van der Waals surface area contributed by atoms with E-state index in [1.165, 1.54) is 0 Å². The molecule has 0 aliphatic carbocycles. The molecule has 0 spiro atoms. The number of ketones is 1. The lowest BCUT2D eigenvalue weighted by Crippen LogP contribution is -2.08. The topological polar surface area (TPSA) is 76.5 Å². The van der Waals surface area contributed by atoms with Gasteiger partial charge < -0.3 is 9.84 Å². The summed E-state index contributed by atoms with van der Waals surface area (Å²) in [5.74, 6) is -0.317. The number of carbonyl (C=O) groups excluding carboxylic acids is 1. The molecule has 0 bridgehead atoms. The number of pyridine rings is 1. The largest absolute Gasteiger partial charge is 0.489 e. The summed E-state index contributed by atoms with van der Waals surface area (Å²) in [6.07, 6.45) is 2.22. The minimum atomic E-state index is -0.889. The molecule has 116 valence electrons. The Bertz CT molecular complexity index is 694. The SMILES string of the molecule is CC(C)Oc1ccc(C(=O)CCCC(=O)O)c2cccnc12. The van der Waals surface area contributed by atoms with Crippen LogP contribution in [0.1, 0.15) is 43.5 Å². The average molecular weight is 301 g/mol. The average Bonchev–Trinajstić information content (AvgIpc) is 2.46. The molecule has 0 aliphatic rings. The zero-order valence-corrected chi connectivity index (χ0v) is 12.7. The molecule has 0 amide bonds. The molecule has 5 nitrogen and oxygen atoms in total. The minimum absolute atomic E-state index is 0.00351. The first-order chi connectivity index (χ1) is 10.5. The molecular formula is C17H19NO4. The Morgan fingerprint density at radius 3 is 2.68 bits per heavy atom. The van der Waals surface area contributed by atoms with Crippen LogP contribution in [-0.2, 0) is 4.79 Å². The van der Waals surface area contributed by atoms with Gasteiger partial charge in [0.1, 0.15) is 11.3 Å². The van der Waals surface area contributed by atoms with Crippen LogP contribution in [0.3, 0.4) is 0 Å². The van der Waals surface area contributed by atoms with Crippen LogP contribution in [0.15, 0.2) is 30.5 Å². The van der Waals surface area contributed by atoms with Gasteiger partial charge in [-0.25, -0.2) is 0 Å². The van der Waals surface area contributed by atoms with E-state index in [2.05, 4.69) is 4.98 Å². The molecule has 0 aliphatic heterocycles. The van der Waals surface area contributed by atoms with Gasteiger partial charge in [0.2, 0.25) is 0 Å². The number of aliphatic carboxylic acids is 1. The second-order valence-electron chi connectivity index (χ2n) is 5.35. The molecule has 5 heteroatoms. The van der Waals surface area contributed by atoms with E-state index < -0.39 is 5.97 Å². The summed E-state index contributed by atoms with van der Waals surface area (Å²) in [6, 6.07) is 7.08. The number of carboxylic acid groups (broad SMARTS) is 1. The quantitative estimate of drug-likeness (QED) is 0.792. The molecule has 1 aromatic heterocycles. The summed E-state index contributed by atoms with van der Waals surface area (Å²) in [7, 11) is 0. The van der Waals surface area contributed by atoms with E-state index >= 15 is 0 Å². The van der Waals surface area contributed by atoms with Gasteiger partial charge in [0, 0.05) is 30.0 Å². The molecule has 0 fully saturated rings. The maximum atomic E-state index is 12.3. The third kappa shape index (κ3) is 3.81. The van der Waals surface area contributed by atoms with Crippen LogP contribution in [0.5, 0.6) is 5.75 Å². The fraction of sp³-hybridized carbons (Fsp3) is 0.353. The Labute approximate surface area is 128 Å². The summed E-state index contributed by atoms with van der Waals surface area (Å²) in [5.41, 5.74) is 1.21. The van der Waals surface area contributed by atoms with Crippen molar-refractivity contribution in [1.29, 1.82) is 0 Å². The standard InChI is InChI=1S/C17H19NO4/c1-11(2)22-15-9-8-12(13-5-4-10-18-17(13)15)14(19)6-3-7-16(20)21/h4-5,8-11H,3,6-7H2,1-2H3,(H,20,21). The summed E-state index contributed by atoms with van der Waals surface area (Å²) < 4.78 is 5.72. The molecule has 0 saturated carbocycles. The second kappa shape index (κ2) is 7.02. The number of hydrogen-bond acceptors (Lipinski definition) is 4. The lowest BCUT2D eigenvalue weighted by molar-refractivity contribution is -0.137. The molecule has 0 saturated heterocycles. The van der Waals surface area contributed by atoms with Crippen LogP contribution in [0.2, 0.25) is 0 Å². The Hall–Kier alpha value is -2.43. The summed E-state index contributed by atoms with van der Waals surface area (Å²) in [4.78, 5) is 27.2. The van der Waals surface area contributed by atoms with Crippen LogP contribution in [0.25, 0.3) is 10.9 Å². The van der Waals surface area contributed by atoms with Gasteiger partial charge in [0.25, 0.3) is 0 Å². The highest BCUT2D eigenvalue weighted by molar-refractivity contribution is 6.08. The lowest BCUT2D eigenvalue weighted by atomic mass is 10.0. The van der Waals surface area contributed by atoms with Crippen LogP contribution in [0, 0.1) is 0 Å². The maximum Gasteiger partial charge on any atom is 0.303 e. The van der Waals surface area contributed by atoms with Crippen LogP contribution in [0.4, 0.5) is 0 Å². The first-order valence-corrected chi connectivity index (χ1v) is 7.28. The molecule has 2 rings (SSSR count). The number of hydrogen-bond donors (Lipinski definition) is 1. The Balaban J connectivity index is 2.31. The highest BCUT2D eigenvalue weighted by atomic mass is 16.5. The minimum Gasteiger partial charge on any atom is -0.489 e. The monoisotopic (exact) mass is 301 g/mol. The molecule has 1 aromatic carbocycles. The molecule has 2 aromatic rings. The van der Waals surface area contributed by atoms with Crippen molar-refractivity contribution in [3.05, 3.63) is 36.0 Å². The maximum absolute atomic E-state index is 12.3. The van der Waals surface area contributed by atoms with Gasteiger partial charge in [0.05, 0.1) is 6.10 Å². The Morgan fingerprint density at radius 1 is 1.23 bits per heavy atom. The lowest BCUT2D eigenvalue weighted by Gasteiger charge is -2.13. The Morgan fingerprint density at radius 2 is 2.00 bits per heavy atom. The number of carboxylic acids is 1. The number of ether oxygens (including phenoxy) is 1. The van der Waals surface area contributed by atoms with E-state index in [0.717, 1.165) is 5.39 Å². The molecule has 0 unspecified atom stereocenters. The number of rotatable bonds is 7. The molecule has 1 heterocycles. The van der Waals surface area contributed by atoms with Gasteiger partial charge in [-0.05, 0) is 38.5 Å². The van der Waals surface area contributed by atoms with E-state index in [4.69, 9.17) is 9.84 Å². The molecule has 22 heavy (non-hydrogen) atoms. The van der Waals surface area contributed by atoms with Gasteiger partial charge >= 0.3 is 5.97 Å². The van der Waals surface area contributed by atoms with Gasteiger partial charge in [-0.2, -0.15) is 0 Å². The van der Waals surface area contributed by atoms with Crippen LogP contribution < -0.4 is 4.74 Å². The smallest absolute Gasteiger partial charge is 0.303 e. The third-order valence-corrected chi connectivity index (χ3v) is 3.19. The molecule has 1 N–H and O–H groups in total. The predicted octanol–water partition coefficient (Wildman–Crippen LogP) is 3.46. The van der Waals surface area contributed by atoms with Gasteiger partial charge in [-0.3, -0.25) is 14.6 Å². The van der Waals surface area contributed by atoms with Crippen molar-refractivity contribution >= 4 is 22.7 Å². The zero-order valence-electron chi connectivity index (χ0n) is 12.7. The normalized spacial score (nSPS) is 10.9. The summed E-state index contributed by atoms with van der Waals surface area (Å²) in [5, 5.41) is 9.39. The highest BCUT2D eigenvalue weighted by Gasteiger charge is 2.14. The number of benzene rings is 1. The predicted molar refractivity (Wildman–Crippen MR) is 83.3 cm³/mol. The molecule has 0 radical (unpaired) electrons. The van der Waals surface area contributed by atoms with Crippen molar-refractivity contribution in [3.63, 3.8) is 0 Å². The van der Waals surface area contributed by atoms with Crippen LogP contribution >= 0.6 is 0 Å². The van der Waals surface area contributed by atoms with Gasteiger partial charge in [-0.15, -0.1) is 0 Å². The van der Waals surface area contributed by atoms with Crippen molar-refractivity contribution in [3.8, 4) is 5.75 Å². The number of aromatic nitrogens is 1. The third-order valence-electron chi connectivity index (χ3n) is 3.19. The van der Waals surface area contributed by atoms with Crippen molar-refractivity contribution in [1.82, 2.24) is 4.98 Å². The van der Waals surface area contributed by atoms with Crippen molar-refractivity contribution in [2.45, 2.75) is 39.2 Å².